The minimum Gasteiger partial charge on any atom is -0.466 e. The summed E-state index contributed by atoms with van der Waals surface area (Å²) in [6.45, 7) is 4.86. The van der Waals surface area contributed by atoms with Gasteiger partial charge in [-0.25, -0.2) is 0 Å². The number of allylic oxidation sites excluding steroid dienone is 5. The first-order valence-electron chi connectivity index (χ1n) is 31.3. The van der Waals surface area contributed by atoms with Crippen molar-refractivity contribution >= 4 is 11.9 Å². The fourth-order valence-electron chi connectivity index (χ4n) is 9.55. The van der Waals surface area contributed by atoms with E-state index in [0.29, 0.717) is 19.4 Å². The van der Waals surface area contributed by atoms with Crippen LogP contribution < -0.4 is 5.32 Å². The van der Waals surface area contributed by atoms with Gasteiger partial charge in [0.2, 0.25) is 5.91 Å². The molecule has 70 heavy (non-hydrogen) atoms. The number of unbranched alkanes of at least 4 members (excludes halogenated alkanes) is 43. The molecule has 0 radical (unpaired) electrons. The van der Waals surface area contributed by atoms with Crippen LogP contribution in [0.5, 0.6) is 0 Å². The highest BCUT2D eigenvalue weighted by molar-refractivity contribution is 5.76. The summed E-state index contributed by atoms with van der Waals surface area (Å²) in [5, 5.41) is 23.2. The lowest BCUT2D eigenvalue weighted by atomic mass is 10.0. The fraction of sp³-hybridized carbons (Fsp3) is 0.875. The molecule has 0 aliphatic carbocycles. The van der Waals surface area contributed by atoms with E-state index in [-0.39, 0.29) is 18.5 Å². The monoisotopic (exact) mass is 984 g/mol. The van der Waals surface area contributed by atoms with Gasteiger partial charge < -0.3 is 20.3 Å². The van der Waals surface area contributed by atoms with Crippen LogP contribution in [0, 0.1) is 0 Å². The Hall–Kier alpha value is -1.92. The Balaban J connectivity index is 3.49. The van der Waals surface area contributed by atoms with Crippen molar-refractivity contribution in [3.63, 3.8) is 0 Å². The number of nitrogens with one attached hydrogen (secondary N) is 1. The van der Waals surface area contributed by atoms with E-state index < -0.39 is 12.1 Å². The maximum atomic E-state index is 12.5. The van der Waals surface area contributed by atoms with Gasteiger partial charge in [-0.3, -0.25) is 9.59 Å². The first-order valence-corrected chi connectivity index (χ1v) is 31.3. The Kier molecular flexibility index (Phi) is 58.0. The Bertz CT molecular complexity index is 1130. The molecule has 0 saturated heterocycles. The summed E-state index contributed by atoms with van der Waals surface area (Å²) in [5.41, 5.74) is 0. The number of hydrogen-bond acceptors (Lipinski definition) is 5. The quantitative estimate of drug-likeness (QED) is 0.0321. The molecule has 1 amide bonds. The number of aliphatic hydroxyl groups is 2. The summed E-state index contributed by atoms with van der Waals surface area (Å²) in [5.74, 6) is -0.0911. The summed E-state index contributed by atoms with van der Waals surface area (Å²) in [6, 6.07) is -0.639. The Morgan fingerprint density at radius 3 is 1.06 bits per heavy atom. The van der Waals surface area contributed by atoms with Crippen LogP contribution in [0.1, 0.15) is 335 Å². The van der Waals surface area contributed by atoms with E-state index in [1.165, 1.54) is 250 Å². The number of esters is 1. The third kappa shape index (κ3) is 55.4. The predicted molar refractivity (Wildman–Crippen MR) is 306 cm³/mol. The zero-order chi connectivity index (χ0) is 50.7. The molecule has 0 aromatic heterocycles. The van der Waals surface area contributed by atoms with Crippen molar-refractivity contribution in [3.8, 4) is 0 Å². The van der Waals surface area contributed by atoms with Crippen molar-refractivity contribution in [2.75, 3.05) is 13.2 Å². The topological polar surface area (TPSA) is 95.9 Å². The van der Waals surface area contributed by atoms with Crippen LogP contribution in [0.4, 0.5) is 0 Å². The van der Waals surface area contributed by atoms with Crippen LogP contribution in [-0.2, 0) is 14.3 Å². The van der Waals surface area contributed by atoms with Gasteiger partial charge in [-0.05, 0) is 77.0 Å². The largest absolute Gasteiger partial charge is 0.466 e. The van der Waals surface area contributed by atoms with Gasteiger partial charge in [-0.2, -0.15) is 0 Å². The first kappa shape index (κ1) is 68.1. The van der Waals surface area contributed by atoms with Crippen molar-refractivity contribution in [1.82, 2.24) is 5.32 Å². The number of rotatable bonds is 58. The molecule has 0 bridgehead atoms. The van der Waals surface area contributed by atoms with Crippen molar-refractivity contribution in [2.24, 2.45) is 0 Å². The van der Waals surface area contributed by atoms with E-state index in [1.54, 1.807) is 6.08 Å². The van der Waals surface area contributed by atoms with Gasteiger partial charge in [-0.15, -0.1) is 0 Å². The Labute approximate surface area is 436 Å². The molecule has 2 unspecified atom stereocenters. The van der Waals surface area contributed by atoms with E-state index in [9.17, 15) is 19.8 Å². The Morgan fingerprint density at radius 1 is 0.386 bits per heavy atom. The molecular weight excluding hydrogens is 863 g/mol. The number of carbonyl (C=O) groups is 2. The van der Waals surface area contributed by atoms with Gasteiger partial charge in [0, 0.05) is 12.8 Å². The molecule has 0 saturated carbocycles. The zero-order valence-electron chi connectivity index (χ0n) is 47.0. The number of hydrogen-bond donors (Lipinski definition) is 3. The fourth-order valence-corrected chi connectivity index (χ4v) is 9.55. The number of carbonyl (C=O) groups excluding carboxylic acids is 2. The van der Waals surface area contributed by atoms with Crippen LogP contribution >= 0.6 is 0 Å². The average molecular weight is 985 g/mol. The first-order chi connectivity index (χ1) is 34.5. The minimum atomic E-state index is -0.854. The summed E-state index contributed by atoms with van der Waals surface area (Å²) in [4.78, 5) is 24.5. The van der Waals surface area contributed by atoms with Crippen LogP contribution in [0.25, 0.3) is 0 Å². The molecule has 0 rings (SSSR count). The molecule has 6 heteroatoms. The molecule has 0 aromatic rings. The second-order valence-corrected chi connectivity index (χ2v) is 21.4. The highest BCUT2D eigenvalue weighted by Crippen LogP contribution is 2.17. The molecule has 0 aromatic carbocycles. The van der Waals surface area contributed by atoms with Crippen LogP contribution in [0.2, 0.25) is 0 Å². The van der Waals surface area contributed by atoms with Gasteiger partial charge in [0.25, 0.3) is 0 Å². The number of amides is 1. The molecule has 0 spiro atoms. The normalized spacial score (nSPS) is 12.8. The molecule has 0 aliphatic rings. The van der Waals surface area contributed by atoms with Crippen molar-refractivity contribution in [2.45, 2.75) is 347 Å². The summed E-state index contributed by atoms with van der Waals surface area (Å²) >= 11 is 0. The molecule has 2 atom stereocenters. The van der Waals surface area contributed by atoms with Crippen molar-refractivity contribution in [1.29, 1.82) is 0 Å². The second-order valence-electron chi connectivity index (χ2n) is 21.4. The predicted octanol–water partition coefficient (Wildman–Crippen LogP) is 19.6. The molecule has 6 nitrogen and oxygen atoms in total. The SMILES string of the molecule is CCCC/C=C\CCCCCCCC(=O)OCCCCCCCC/C=C\CCCCCCCCCC(=O)NC(CO)C(O)/C=C/CCCCCCCCCCCCCCCCCCCCCCCCC. The van der Waals surface area contributed by atoms with Gasteiger partial charge in [0.05, 0.1) is 25.4 Å². The van der Waals surface area contributed by atoms with E-state index >= 15 is 0 Å². The van der Waals surface area contributed by atoms with Crippen molar-refractivity contribution < 1.29 is 24.5 Å². The molecular formula is C64H121NO5. The third-order valence-electron chi connectivity index (χ3n) is 14.4. The van der Waals surface area contributed by atoms with E-state index in [2.05, 4.69) is 43.5 Å². The second kappa shape index (κ2) is 59.6. The maximum Gasteiger partial charge on any atom is 0.305 e. The Morgan fingerprint density at radius 2 is 0.686 bits per heavy atom. The molecule has 3 N–H and O–H groups in total. The average Bonchev–Trinajstić information content (AvgIpc) is 3.36. The minimum absolute atomic E-state index is 0.0136. The van der Waals surface area contributed by atoms with Gasteiger partial charge in [0.15, 0.2) is 0 Å². The highest BCUT2D eigenvalue weighted by atomic mass is 16.5. The molecule has 0 aliphatic heterocycles. The number of ether oxygens (including phenoxy) is 1. The lowest BCUT2D eigenvalue weighted by Crippen LogP contribution is -2.45. The van der Waals surface area contributed by atoms with Gasteiger partial charge in [-0.1, -0.05) is 281 Å². The van der Waals surface area contributed by atoms with Gasteiger partial charge in [0.1, 0.15) is 0 Å². The maximum absolute atomic E-state index is 12.5. The van der Waals surface area contributed by atoms with Crippen LogP contribution in [0.15, 0.2) is 36.5 Å². The van der Waals surface area contributed by atoms with E-state index in [4.69, 9.17) is 4.74 Å². The zero-order valence-corrected chi connectivity index (χ0v) is 47.0. The van der Waals surface area contributed by atoms with E-state index in [0.717, 1.165) is 57.8 Å². The van der Waals surface area contributed by atoms with Crippen LogP contribution in [-0.4, -0.2) is 47.4 Å². The molecule has 0 heterocycles. The summed E-state index contributed by atoms with van der Waals surface area (Å²) in [7, 11) is 0. The van der Waals surface area contributed by atoms with Crippen molar-refractivity contribution in [3.05, 3.63) is 36.5 Å². The van der Waals surface area contributed by atoms with Gasteiger partial charge >= 0.3 is 5.97 Å². The summed E-state index contributed by atoms with van der Waals surface area (Å²) in [6.07, 6.45) is 74.7. The molecule has 0 fully saturated rings. The van der Waals surface area contributed by atoms with Crippen LogP contribution in [0.3, 0.4) is 0 Å². The lowest BCUT2D eigenvalue weighted by molar-refractivity contribution is -0.143. The molecule has 412 valence electrons. The highest BCUT2D eigenvalue weighted by Gasteiger charge is 2.18. The number of aliphatic hydroxyl groups excluding tert-OH is 2. The van der Waals surface area contributed by atoms with E-state index in [1.807, 2.05) is 6.08 Å². The lowest BCUT2D eigenvalue weighted by Gasteiger charge is -2.20. The summed E-state index contributed by atoms with van der Waals surface area (Å²) < 4.78 is 5.45. The standard InChI is InChI=1S/C64H121NO5/c1-3-5-7-9-11-13-15-16-17-18-19-20-21-22-23-24-25-27-30-33-37-40-44-48-52-56-62(67)61(60-66)65-63(68)57-53-49-45-41-38-34-31-28-26-29-32-35-39-43-47-51-55-59-70-64(69)58-54-50-46-42-36-14-12-10-8-6-4-2/h10,12,26,29,52,56,61-62,66-67H,3-9,11,13-25,27-28,30-51,53-55,57-60H2,1-2H3,(H,65,68)/b12-10-,29-26-,56-52+. The third-order valence-corrected chi connectivity index (χ3v) is 14.4. The smallest absolute Gasteiger partial charge is 0.305 e.